The van der Waals surface area contributed by atoms with Gasteiger partial charge in [0, 0.05) is 12.1 Å². The minimum absolute atomic E-state index is 0.167. The summed E-state index contributed by atoms with van der Waals surface area (Å²) in [6.45, 7) is 2.72. The highest BCUT2D eigenvalue weighted by Gasteiger charge is 2.08. The number of nitrogens with one attached hydrogen (secondary N) is 1. The maximum atomic E-state index is 13.9. The minimum Gasteiger partial charge on any atom is -0.316 e. The van der Waals surface area contributed by atoms with E-state index in [4.69, 9.17) is 0 Å². The molecule has 0 atom stereocenters. The van der Waals surface area contributed by atoms with Crippen LogP contribution in [0.5, 0.6) is 0 Å². The van der Waals surface area contributed by atoms with Gasteiger partial charge in [-0.25, -0.2) is 4.39 Å². The Balaban J connectivity index is 2.55. The van der Waals surface area contributed by atoms with Crippen LogP contribution in [0.1, 0.15) is 11.1 Å². The molecule has 0 aromatic heterocycles. The molecule has 0 amide bonds. The van der Waals surface area contributed by atoms with Gasteiger partial charge < -0.3 is 5.32 Å². The molecule has 0 unspecified atom stereocenters. The van der Waals surface area contributed by atoms with Crippen molar-refractivity contribution < 1.29 is 4.39 Å². The lowest BCUT2D eigenvalue weighted by Gasteiger charge is -2.10. The van der Waals surface area contributed by atoms with Gasteiger partial charge in [0.25, 0.3) is 0 Å². The zero-order valence-corrected chi connectivity index (χ0v) is 10.1. The summed E-state index contributed by atoms with van der Waals surface area (Å²) in [6, 6.07) is 13.1. The van der Waals surface area contributed by atoms with Crippen LogP contribution in [0, 0.1) is 12.7 Å². The molecule has 0 saturated carbocycles. The molecule has 2 aromatic rings. The molecule has 0 bridgehead atoms. The van der Waals surface area contributed by atoms with E-state index < -0.39 is 0 Å². The number of aryl methyl sites for hydroxylation is 1. The van der Waals surface area contributed by atoms with Crippen LogP contribution in [0.15, 0.2) is 42.5 Å². The lowest BCUT2D eigenvalue weighted by Crippen LogP contribution is -2.06. The van der Waals surface area contributed by atoms with Crippen molar-refractivity contribution >= 4 is 0 Å². The zero-order chi connectivity index (χ0) is 12.3. The van der Waals surface area contributed by atoms with Crippen molar-refractivity contribution in [2.24, 2.45) is 0 Å². The monoisotopic (exact) mass is 229 g/mol. The number of hydrogen-bond acceptors (Lipinski definition) is 1. The third-order valence-electron chi connectivity index (χ3n) is 2.80. The van der Waals surface area contributed by atoms with Crippen molar-refractivity contribution in [2.75, 3.05) is 7.05 Å². The number of hydrogen-bond donors (Lipinski definition) is 1. The van der Waals surface area contributed by atoms with E-state index in [1.807, 2.05) is 44.3 Å². The van der Waals surface area contributed by atoms with Crippen LogP contribution in [-0.4, -0.2) is 7.05 Å². The van der Waals surface area contributed by atoms with Crippen molar-refractivity contribution in [3.05, 3.63) is 59.4 Å². The highest BCUT2D eigenvalue weighted by atomic mass is 19.1. The van der Waals surface area contributed by atoms with E-state index in [9.17, 15) is 4.39 Å². The van der Waals surface area contributed by atoms with Crippen LogP contribution in [0.2, 0.25) is 0 Å². The first-order valence-corrected chi connectivity index (χ1v) is 5.71. The molecule has 17 heavy (non-hydrogen) atoms. The van der Waals surface area contributed by atoms with E-state index in [0.717, 1.165) is 23.2 Å². The summed E-state index contributed by atoms with van der Waals surface area (Å²) in [6.07, 6.45) is 0. The molecule has 2 aromatic carbocycles. The molecule has 88 valence electrons. The van der Waals surface area contributed by atoms with Crippen LogP contribution in [0.4, 0.5) is 4.39 Å². The van der Waals surface area contributed by atoms with Gasteiger partial charge in [0.05, 0.1) is 0 Å². The van der Waals surface area contributed by atoms with Gasteiger partial charge in [0.1, 0.15) is 5.82 Å². The molecule has 0 saturated heterocycles. The van der Waals surface area contributed by atoms with Gasteiger partial charge in [-0.15, -0.1) is 0 Å². The summed E-state index contributed by atoms with van der Waals surface area (Å²) >= 11 is 0. The second-order valence-corrected chi connectivity index (χ2v) is 4.17. The molecule has 0 aliphatic heterocycles. The van der Waals surface area contributed by atoms with Gasteiger partial charge in [-0.2, -0.15) is 0 Å². The lowest BCUT2D eigenvalue weighted by atomic mass is 9.98. The van der Waals surface area contributed by atoms with Crippen molar-refractivity contribution in [2.45, 2.75) is 13.5 Å². The minimum atomic E-state index is -0.167. The first-order chi connectivity index (χ1) is 8.22. The molecular formula is C15H16FN. The Morgan fingerprint density at radius 3 is 2.59 bits per heavy atom. The topological polar surface area (TPSA) is 12.0 Å². The second kappa shape index (κ2) is 5.11. The maximum Gasteiger partial charge on any atom is 0.131 e. The zero-order valence-electron chi connectivity index (χ0n) is 10.1. The van der Waals surface area contributed by atoms with Crippen molar-refractivity contribution in [3.63, 3.8) is 0 Å². The smallest absolute Gasteiger partial charge is 0.131 e. The predicted molar refractivity (Wildman–Crippen MR) is 69.3 cm³/mol. The quantitative estimate of drug-likeness (QED) is 0.849. The molecule has 0 aliphatic carbocycles. The molecule has 1 nitrogen and oxygen atoms in total. The first-order valence-electron chi connectivity index (χ1n) is 5.71. The molecule has 0 heterocycles. The van der Waals surface area contributed by atoms with Gasteiger partial charge in [-0.05, 0) is 37.2 Å². The third kappa shape index (κ3) is 2.53. The second-order valence-electron chi connectivity index (χ2n) is 4.17. The highest BCUT2D eigenvalue weighted by molar-refractivity contribution is 5.68. The number of halogens is 1. The van der Waals surface area contributed by atoms with E-state index in [1.165, 1.54) is 6.07 Å². The van der Waals surface area contributed by atoms with Crippen molar-refractivity contribution in [3.8, 4) is 11.1 Å². The maximum absolute atomic E-state index is 13.9. The molecule has 0 spiro atoms. The Morgan fingerprint density at radius 1 is 1.06 bits per heavy atom. The normalized spacial score (nSPS) is 10.5. The Bertz CT molecular complexity index is 520. The van der Waals surface area contributed by atoms with Gasteiger partial charge >= 0.3 is 0 Å². The Labute approximate surface area is 101 Å². The summed E-state index contributed by atoms with van der Waals surface area (Å²) in [5, 5.41) is 3.11. The summed E-state index contributed by atoms with van der Waals surface area (Å²) in [5.41, 5.74) is 3.82. The van der Waals surface area contributed by atoms with E-state index >= 15 is 0 Å². The average molecular weight is 229 g/mol. The molecule has 1 N–H and O–H groups in total. The lowest BCUT2D eigenvalue weighted by molar-refractivity contribution is 0.630. The number of benzene rings is 2. The fourth-order valence-corrected chi connectivity index (χ4v) is 1.97. The molecule has 0 aliphatic rings. The highest BCUT2D eigenvalue weighted by Crippen LogP contribution is 2.27. The first kappa shape index (κ1) is 11.8. The largest absolute Gasteiger partial charge is 0.316 e. The molecule has 2 rings (SSSR count). The Hall–Kier alpha value is -1.67. The van der Waals surface area contributed by atoms with E-state index in [2.05, 4.69) is 5.32 Å². The van der Waals surface area contributed by atoms with Gasteiger partial charge in [-0.3, -0.25) is 0 Å². The van der Waals surface area contributed by atoms with Crippen LogP contribution in [-0.2, 0) is 6.54 Å². The summed E-state index contributed by atoms with van der Waals surface area (Å²) in [5.74, 6) is -0.167. The summed E-state index contributed by atoms with van der Waals surface area (Å²) in [7, 11) is 1.89. The predicted octanol–water partition coefficient (Wildman–Crippen LogP) is 3.52. The number of rotatable bonds is 3. The standard InChI is InChI=1S/C15H16FN/c1-11-7-8-15(16)14(9-11)13-6-4-3-5-12(13)10-17-2/h3-9,17H,10H2,1-2H3. The Kier molecular flexibility index (Phi) is 3.55. The van der Waals surface area contributed by atoms with Crippen LogP contribution in [0.25, 0.3) is 11.1 Å². The van der Waals surface area contributed by atoms with Gasteiger partial charge in [0.2, 0.25) is 0 Å². The third-order valence-corrected chi connectivity index (χ3v) is 2.80. The van der Waals surface area contributed by atoms with Gasteiger partial charge in [0.15, 0.2) is 0 Å². The SMILES string of the molecule is CNCc1ccccc1-c1cc(C)ccc1F. The molecule has 0 radical (unpaired) electrons. The fourth-order valence-electron chi connectivity index (χ4n) is 1.97. The van der Waals surface area contributed by atoms with Gasteiger partial charge in [-0.1, -0.05) is 35.9 Å². The summed E-state index contributed by atoms with van der Waals surface area (Å²) < 4.78 is 13.9. The van der Waals surface area contributed by atoms with Crippen LogP contribution < -0.4 is 5.32 Å². The van der Waals surface area contributed by atoms with Crippen molar-refractivity contribution in [1.82, 2.24) is 5.32 Å². The van der Waals surface area contributed by atoms with Crippen LogP contribution in [0.3, 0.4) is 0 Å². The fraction of sp³-hybridized carbons (Fsp3) is 0.200. The molecule has 0 fully saturated rings. The van der Waals surface area contributed by atoms with Crippen molar-refractivity contribution in [1.29, 1.82) is 0 Å². The molecular weight excluding hydrogens is 213 g/mol. The van der Waals surface area contributed by atoms with E-state index in [0.29, 0.717) is 5.56 Å². The molecule has 2 heteroatoms. The Morgan fingerprint density at radius 2 is 1.82 bits per heavy atom. The van der Waals surface area contributed by atoms with Crippen LogP contribution >= 0.6 is 0 Å². The average Bonchev–Trinajstić information content (AvgIpc) is 2.34. The van der Waals surface area contributed by atoms with E-state index in [-0.39, 0.29) is 5.82 Å². The van der Waals surface area contributed by atoms with E-state index in [1.54, 1.807) is 6.07 Å². The summed E-state index contributed by atoms with van der Waals surface area (Å²) in [4.78, 5) is 0.